The lowest BCUT2D eigenvalue weighted by molar-refractivity contribution is -0.128. The first kappa shape index (κ1) is 19.8. The summed E-state index contributed by atoms with van der Waals surface area (Å²) in [6, 6.07) is 0. The van der Waals surface area contributed by atoms with Crippen molar-refractivity contribution in [2.45, 2.75) is 72.6 Å². The van der Waals surface area contributed by atoms with Crippen LogP contribution in [0.2, 0.25) is 0 Å². The third-order valence-corrected chi connectivity index (χ3v) is 3.35. The van der Waals surface area contributed by atoms with E-state index in [2.05, 4.69) is 11.7 Å². The van der Waals surface area contributed by atoms with Gasteiger partial charge in [0.1, 0.15) is 0 Å². The summed E-state index contributed by atoms with van der Waals surface area (Å²) in [7, 11) is 0. The first-order valence-corrected chi connectivity index (χ1v) is 7.50. The Hall–Kier alpha value is -0.570. The normalized spacial score (nSPS) is 15.8. The minimum absolute atomic E-state index is 0.431. The molecule has 0 heterocycles. The van der Waals surface area contributed by atoms with E-state index >= 15 is 0 Å². The standard InChI is InChI=1S/C10H21N.C3H6O2.C2H6/c1-2-5-10(8-9-11)6-3-4-7-10;1-2-5-3-4;1-2/h2-9,11H2,1H3;3H,2H2,1H3;1-2H3. The van der Waals surface area contributed by atoms with Crippen molar-refractivity contribution in [2.24, 2.45) is 11.1 Å². The van der Waals surface area contributed by atoms with Gasteiger partial charge in [0, 0.05) is 0 Å². The molecule has 0 aromatic heterocycles. The van der Waals surface area contributed by atoms with E-state index in [1.807, 2.05) is 13.8 Å². The largest absolute Gasteiger partial charge is 0.468 e. The van der Waals surface area contributed by atoms with Crippen molar-refractivity contribution in [3.8, 4) is 0 Å². The molecule has 1 saturated carbocycles. The molecule has 1 aliphatic rings. The van der Waals surface area contributed by atoms with Crippen LogP contribution in [0.5, 0.6) is 0 Å². The predicted molar refractivity (Wildman–Crippen MR) is 78.5 cm³/mol. The van der Waals surface area contributed by atoms with Crippen LogP contribution >= 0.6 is 0 Å². The van der Waals surface area contributed by atoms with E-state index in [0.29, 0.717) is 18.5 Å². The highest BCUT2D eigenvalue weighted by Crippen LogP contribution is 2.44. The third-order valence-electron chi connectivity index (χ3n) is 3.35. The molecule has 0 saturated heterocycles. The summed E-state index contributed by atoms with van der Waals surface area (Å²) in [6.45, 7) is 9.84. The Bertz CT molecular complexity index is 158. The van der Waals surface area contributed by atoms with Crippen LogP contribution in [0.1, 0.15) is 72.6 Å². The van der Waals surface area contributed by atoms with Gasteiger partial charge < -0.3 is 10.5 Å². The molecule has 1 aliphatic carbocycles. The van der Waals surface area contributed by atoms with Crippen molar-refractivity contribution in [1.82, 2.24) is 0 Å². The van der Waals surface area contributed by atoms with Crippen molar-refractivity contribution in [2.75, 3.05) is 13.2 Å². The lowest BCUT2D eigenvalue weighted by atomic mass is 9.79. The van der Waals surface area contributed by atoms with Gasteiger partial charge in [-0.25, -0.2) is 0 Å². The van der Waals surface area contributed by atoms with E-state index in [1.54, 1.807) is 6.92 Å². The molecule has 110 valence electrons. The molecule has 0 radical (unpaired) electrons. The zero-order valence-corrected chi connectivity index (χ0v) is 12.8. The highest BCUT2D eigenvalue weighted by Gasteiger charge is 2.31. The summed E-state index contributed by atoms with van der Waals surface area (Å²) in [5.41, 5.74) is 6.29. The molecule has 18 heavy (non-hydrogen) atoms. The second-order valence-electron chi connectivity index (χ2n) is 4.55. The Labute approximate surface area is 113 Å². The molecule has 0 aromatic carbocycles. The third kappa shape index (κ3) is 9.46. The van der Waals surface area contributed by atoms with Gasteiger partial charge in [-0.15, -0.1) is 0 Å². The van der Waals surface area contributed by atoms with Crippen molar-refractivity contribution in [3.63, 3.8) is 0 Å². The van der Waals surface area contributed by atoms with E-state index in [9.17, 15) is 4.79 Å². The highest BCUT2D eigenvalue weighted by molar-refractivity contribution is 5.36. The van der Waals surface area contributed by atoms with Crippen LogP contribution < -0.4 is 5.73 Å². The van der Waals surface area contributed by atoms with E-state index < -0.39 is 0 Å². The number of hydrogen-bond acceptors (Lipinski definition) is 3. The summed E-state index contributed by atoms with van der Waals surface area (Å²) in [6.07, 6.45) is 9.78. The molecule has 0 unspecified atom stereocenters. The quantitative estimate of drug-likeness (QED) is 0.736. The maximum Gasteiger partial charge on any atom is 0.293 e. The Kier molecular flexibility index (Phi) is 15.9. The Morgan fingerprint density at radius 1 is 1.17 bits per heavy atom. The van der Waals surface area contributed by atoms with Crippen LogP contribution in [-0.4, -0.2) is 19.6 Å². The van der Waals surface area contributed by atoms with E-state index in [1.165, 1.54) is 44.9 Å². The van der Waals surface area contributed by atoms with E-state index in [-0.39, 0.29) is 0 Å². The fraction of sp³-hybridized carbons (Fsp3) is 0.933. The monoisotopic (exact) mass is 259 g/mol. The molecule has 0 aromatic rings. The van der Waals surface area contributed by atoms with Gasteiger partial charge in [0.2, 0.25) is 0 Å². The van der Waals surface area contributed by atoms with Gasteiger partial charge >= 0.3 is 0 Å². The molecule has 1 fully saturated rings. The summed E-state index contributed by atoms with van der Waals surface area (Å²) in [5.74, 6) is 0. The minimum Gasteiger partial charge on any atom is -0.468 e. The number of carbonyl (C=O) groups is 1. The molecule has 3 heteroatoms. The first-order chi connectivity index (χ1) is 8.74. The maximum absolute atomic E-state index is 9.18. The topological polar surface area (TPSA) is 52.3 Å². The fourth-order valence-corrected chi connectivity index (χ4v) is 2.65. The van der Waals surface area contributed by atoms with Gasteiger partial charge in [0.25, 0.3) is 6.47 Å². The summed E-state index contributed by atoms with van der Waals surface area (Å²) >= 11 is 0. The average molecular weight is 259 g/mol. The van der Waals surface area contributed by atoms with Gasteiger partial charge in [-0.2, -0.15) is 0 Å². The zero-order chi connectivity index (χ0) is 14.3. The van der Waals surface area contributed by atoms with Gasteiger partial charge in [-0.3, -0.25) is 4.79 Å². The molecule has 0 amide bonds. The molecular formula is C15H33NO2. The molecule has 1 rings (SSSR count). The molecule has 0 atom stereocenters. The number of rotatable bonds is 6. The van der Waals surface area contributed by atoms with Crippen LogP contribution in [0, 0.1) is 5.41 Å². The molecule has 3 nitrogen and oxygen atoms in total. The number of carbonyl (C=O) groups excluding carboxylic acids is 1. The van der Waals surface area contributed by atoms with Crippen LogP contribution in [-0.2, 0) is 9.53 Å². The second-order valence-corrected chi connectivity index (χ2v) is 4.55. The maximum atomic E-state index is 9.18. The number of ether oxygens (including phenoxy) is 1. The summed E-state index contributed by atoms with van der Waals surface area (Å²) in [4.78, 5) is 9.18. The highest BCUT2D eigenvalue weighted by atomic mass is 16.5. The van der Waals surface area contributed by atoms with E-state index in [0.717, 1.165) is 6.54 Å². The predicted octanol–water partition coefficient (Wildman–Crippen LogP) is 3.90. The Balaban J connectivity index is 0. The van der Waals surface area contributed by atoms with Gasteiger partial charge in [0.05, 0.1) is 6.61 Å². The Morgan fingerprint density at radius 3 is 2.00 bits per heavy atom. The van der Waals surface area contributed by atoms with Gasteiger partial charge in [-0.05, 0) is 44.6 Å². The summed E-state index contributed by atoms with van der Waals surface area (Å²) in [5, 5.41) is 0. The second kappa shape index (κ2) is 14.5. The Morgan fingerprint density at radius 2 is 1.72 bits per heavy atom. The molecule has 0 aliphatic heterocycles. The first-order valence-electron chi connectivity index (χ1n) is 7.50. The lowest BCUT2D eigenvalue weighted by Gasteiger charge is -2.27. The van der Waals surface area contributed by atoms with Crippen molar-refractivity contribution in [1.29, 1.82) is 0 Å². The van der Waals surface area contributed by atoms with Crippen molar-refractivity contribution >= 4 is 6.47 Å². The lowest BCUT2D eigenvalue weighted by Crippen LogP contribution is -2.20. The molecular weight excluding hydrogens is 226 g/mol. The van der Waals surface area contributed by atoms with Crippen molar-refractivity contribution in [3.05, 3.63) is 0 Å². The number of hydrogen-bond donors (Lipinski definition) is 1. The molecule has 0 spiro atoms. The van der Waals surface area contributed by atoms with Crippen LogP contribution in [0.25, 0.3) is 0 Å². The number of nitrogens with two attached hydrogens (primary N) is 1. The van der Waals surface area contributed by atoms with E-state index in [4.69, 9.17) is 5.73 Å². The average Bonchev–Trinajstić information content (AvgIpc) is 2.83. The molecule has 2 N–H and O–H groups in total. The SMILES string of the molecule is CC.CCCC1(CCN)CCCC1.CCOC=O. The van der Waals surface area contributed by atoms with Gasteiger partial charge in [-0.1, -0.05) is 40.0 Å². The van der Waals surface area contributed by atoms with Crippen molar-refractivity contribution < 1.29 is 9.53 Å². The smallest absolute Gasteiger partial charge is 0.293 e. The van der Waals surface area contributed by atoms with Crippen LogP contribution in [0.3, 0.4) is 0 Å². The minimum atomic E-state index is 0.431. The summed E-state index contributed by atoms with van der Waals surface area (Å²) < 4.78 is 4.15. The molecule has 0 bridgehead atoms. The van der Waals surface area contributed by atoms with Gasteiger partial charge in [0.15, 0.2) is 0 Å². The van der Waals surface area contributed by atoms with Crippen LogP contribution in [0.4, 0.5) is 0 Å². The zero-order valence-electron chi connectivity index (χ0n) is 12.8. The fourth-order valence-electron chi connectivity index (χ4n) is 2.65. The van der Waals surface area contributed by atoms with Crippen LogP contribution in [0.15, 0.2) is 0 Å².